The van der Waals surface area contributed by atoms with Crippen molar-refractivity contribution in [2.24, 2.45) is 0 Å². The van der Waals surface area contributed by atoms with E-state index in [-0.39, 0.29) is 11.4 Å². The van der Waals surface area contributed by atoms with Gasteiger partial charge in [0.05, 0.1) is 15.9 Å². The SMILES string of the molecule is CC(C)(C)c1cc(NC(=O)Nc2ccc(-c3cn4c(n3)sc3cc(CCCN5CCCCC5)ccc34)cc2)no1. The van der Waals surface area contributed by atoms with Crippen LogP contribution in [0.5, 0.6) is 0 Å². The summed E-state index contributed by atoms with van der Waals surface area (Å²) in [5.74, 6) is 1.09. The molecule has 8 nitrogen and oxygen atoms in total. The van der Waals surface area contributed by atoms with E-state index in [1.54, 1.807) is 17.4 Å². The second kappa shape index (κ2) is 11.1. The molecule has 0 spiro atoms. The van der Waals surface area contributed by atoms with Crippen molar-refractivity contribution >= 4 is 44.1 Å². The number of nitrogens with zero attached hydrogens (tertiary/aromatic N) is 4. The number of aryl methyl sites for hydroxylation is 1. The number of piperidine rings is 1. The van der Waals surface area contributed by atoms with Crippen LogP contribution in [0.15, 0.2) is 59.3 Å². The summed E-state index contributed by atoms with van der Waals surface area (Å²) in [5, 5.41) is 9.49. The van der Waals surface area contributed by atoms with Gasteiger partial charge in [-0.1, -0.05) is 61.9 Å². The second-order valence-electron chi connectivity index (χ2n) is 11.7. The molecule has 0 bridgehead atoms. The molecule has 4 heterocycles. The largest absolute Gasteiger partial charge is 0.359 e. The van der Waals surface area contributed by atoms with Gasteiger partial charge in [-0.05, 0) is 75.1 Å². The lowest BCUT2D eigenvalue weighted by Gasteiger charge is -2.26. The summed E-state index contributed by atoms with van der Waals surface area (Å²) < 4.78 is 8.78. The van der Waals surface area contributed by atoms with Gasteiger partial charge in [0.1, 0.15) is 5.76 Å². The molecule has 1 saturated heterocycles. The molecule has 0 saturated carbocycles. The van der Waals surface area contributed by atoms with Gasteiger partial charge >= 0.3 is 6.03 Å². The highest BCUT2D eigenvalue weighted by molar-refractivity contribution is 7.23. The summed E-state index contributed by atoms with van der Waals surface area (Å²) in [6, 6.07) is 15.9. The number of fused-ring (bicyclic) bond motifs is 3. The molecule has 2 aromatic carbocycles. The second-order valence-corrected chi connectivity index (χ2v) is 12.7. The molecule has 40 heavy (non-hydrogen) atoms. The lowest BCUT2D eigenvalue weighted by molar-refractivity contribution is 0.226. The van der Waals surface area contributed by atoms with Crippen molar-refractivity contribution in [1.82, 2.24) is 19.4 Å². The molecule has 0 unspecified atom stereocenters. The summed E-state index contributed by atoms with van der Waals surface area (Å²) in [7, 11) is 0. The Bertz CT molecular complexity index is 1620. The highest BCUT2D eigenvalue weighted by atomic mass is 32.1. The molecule has 6 rings (SSSR count). The van der Waals surface area contributed by atoms with E-state index in [0.29, 0.717) is 17.3 Å². The summed E-state index contributed by atoms with van der Waals surface area (Å²) in [6.45, 7) is 9.81. The van der Waals surface area contributed by atoms with E-state index in [1.807, 2.05) is 45.0 Å². The van der Waals surface area contributed by atoms with Crippen molar-refractivity contribution in [3.05, 3.63) is 66.1 Å². The molecule has 2 amide bonds. The number of carbonyl (C=O) groups is 1. The van der Waals surface area contributed by atoms with Crippen molar-refractivity contribution in [2.45, 2.75) is 58.3 Å². The zero-order chi connectivity index (χ0) is 27.7. The first-order valence-corrected chi connectivity index (χ1v) is 14.9. The van der Waals surface area contributed by atoms with Gasteiger partial charge in [-0.25, -0.2) is 9.78 Å². The number of carbonyl (C=O) groups excluding carboxylic acids is 1. The quantitative estimate of drug-likeness (QED) is 0.216. The minimum Gasteiger partial charge on any atom is -0.359 e. The molecule has 0 aliphatic carbocycles. The Morgan fingerprint density at radius 3 is 2.58 bits per heavy atom. The van der Waals surface area contributed by atoms with Gasteiger partial charge in [0.15, 0.2) is 10.8 Å². The van der Waals surface area contributed by atoms with Crippen molar-refractivity contribution < 1.29 is 9.32 Å². The zero-order valence-corrected chi connectivity index (χ0v) is 24.2. The number of nitrogens with one attached hydrogen (secondary N) is 2. The first-order valence-electron chi connectivity index (χ1n) is 14.1. The maximum absolute atomic E-state index is 12.4. The third-order valence-electron chi connectivity index (χ3n) is 7.48. The fourth-order valence-electron chi connectivity index (χ4n) is 5.22. The molecule has 208 valence electrons. The van der Waals surface area contributed by atoms with Crippen LogP contribution in [0.3, 0.4) is 0 Å². The molecular formula is C31H36N6O2S. The summed E-state index contributed by atoms with van der Waals surface area (Å²) in [4.78, 5) is 20.9. The van der Waals surface area contributed by atoms with Gasteiger partial charge in [-0.3, -0.25) is 9.72 Å². The first kappa shape index (κ1) is 26.5. The van der Waals surface area contributed by atoms with Crippen LogP contribution in [-0.2, 0) is 11.8 Å². The van der Waals surface area contributed by atoms with Crippen LogP contribution in [0.4, 0.5) is 16.3 Å². The van der Waals surface area contributed by atoms with Gasteiger partial charge in [0.25, 0.3) is 0 Å². The highest BCUT2D eigenvalue weighted by Gasteiger charge is 2.20. The predicted molar refractivity (Wildman–Crippen MR) is 162 cm³/mol. The standard InChI is InChI=1S/C31H36N6O2S/c1-31(2,3)27-19-28(35-39-27)34-29(38)32-23-12-10-22(11-13-23)24-20-37-25-14-9-21(18-26(25)40-30(37)33-24)8-7-17-36-15-5-4-6-16-36/h9-14,18-20H,4-8,15-17H2,1-3H3,(H2,32,34,35,38). The normalized spacial score (nSPS) is 14.7. The van der Waals surface area contributed by atoms with Crippen LogP contribution in [0, 0.1) is 0 Å². The molecule has 1 aliphatic rings. The van der Waals surface area contributed by atoms with E-state index in [4.69, 9.17) is 9.51 Å². The molecule has 0 radical (unpaired) electrons. The van der Waals surface area contributed by atoms with Gasteiger partial charge in [-0.15, -0.1) is 0 Å². The smallest absolute Gasteiger partial charge is 0.324 e. The fraction of sp³-hybridized carbons (Fsp3) is 0.387. The molecule has 0 atom stereocenters. The number of hydrogen-bond acceptors (Lipinski definition) is 6. The Labute approximate surface area is 238 Å². The third kappa shape index (κ3) is 5.90. The lowest BCUT2D eigenvalue weighted by atomic mass is 9.93. The molecule has 2 N–H and O–H groups in total. The number of amides is 2. The Hall–Kier alpha value is -3.69. The Morgan fingerprint density at radius 1 is 1.02 bits per heavy atom. The maximum Gasteiger partial charge on any atom is 0.324 e. The number of imidazole rings is 1. The summed E-state index contributed by atoms with van der Waals surface area (Å²) in [6.07, 6.45) is 8.52. The average Bonchev–Trinajstić information content (AvgIpc) is 3.64. The molecule has 9 heteroatoms. The van der Waals surface area contributed by atoms with E-state index in [1.165, 1.54) is 61.1 Å². The van der Waals surface area contributed by atoms with Crippen LogP contribution in [0.25, 0.3) is 26.4 Å². The van der Waals surface area contributed by atoms with Crippen molar-refractivity contribution in [1.29, 1.82) is 0 Å². The number of urea groups is 1. The molecule has 1 aliphatic heterocycles. The number of thiazole rings is 1. The zero-order valence-electron chi connectivity index (χ0n) is 23.4. The van der Waals surface area contributed by atoms with E-state index in [0.717, 1.165) is 22.6 Å². The van der Waals surface area contributed by atoms with E-state index in [2.05, 4.69) is 49.5 Å². The van der Waals surface area contributed by atoms with E-state index in [9.17, 15) is 4.79 Å². The van der Waals surface area contributed by atoms with E-state index < -0.39 is 0 Å². The number of anilines is 2. The molecular weight excluding hydrogens is 520 g/mol. The third-order valence-corrected chi connectivity index (χ3v) is 8.49. The number of rotatable bonds is 7. The van der Waals surface area contributed by atoms with Crippen LogP contribution in [0.2, 0.25) is 0 Å². The van der Waals surface area contributed by atoms with Crippen molar-refractivity contribution in [3.8, 4) is 11.3 Å². The van der Waals surface area contributed by atoms with Gasteiger partial charge in [-0.2, -0.15) is 0 Å². The van der Waals surface area contributed by atoms with Crippen LogP contribution >= 0.6 is 11.3 Å². The van der Waals surface area contributed by atoms with Crippen molar-refractivity contribution in [2.75, 3.05) is 30.3 Å². The van der Waals surface area contributed by atoms with Crippen LogP contribution < -0.4 is 10.6 Å². The molecule has 5 aromatic rings. The molecule has 3 aromatic heterocycles. The molecule has 1 fully saturated rings. The van der Waals surface area contributed by atoms with Crippen LogP contribution in [0.1, 0.15) is 57.8 Å². The van der Waals surface area contributed by atoms with Gasteiger partial charge in [0.2, 0.25) is 0 Å². The number of likely N-dealkylation sites (tertiary alicyclic amines) is 1. The fourth-order valence-corrected chi connectivity index (χ4v) is 6.29. The monoisotopic (exact) mass is 556 g/mol. The lowest BCUT2D eigenvalue weighted by Crippen LogP contribution is -2.30. The Morgan fingerprint density at radius 2 is 1.82 bits per heavy atom. The summed E-state index contributed by atoms with van der Waals surface area (Å²) >= 11 is 1.73. The minimum atomic E-state index is -0.374. The Kier molecular flexibility index (Phi) is 7.33. The highest BCUT2D eigenvalue weighted by Crippen LogP contribution is 2.31. The first-order chi connectivity index (χ1) is 19.3. The average molecular weight is 557 g/mol. The maximum atomic E-state index is 12.4. The van der Waals surface area contributed by atoms with Crippen LogP contribution in [-0.4, -0.2) is 45.1 Å². The Balaban J connectivity index is 1.08. The van der Waals surface area contributed by atoms with Crippen molar-refractivity contribution in [3.63, 3.8) is 0 Å². The topological polar surface area (TPSA) is 87.7 Å². The minimum absolute atomic E-state index is 0.178. The van der Waals surface area contributed by atoms with Gasteiger partial charge in [0, 0.05) is 28.9 Å². The summed E-state index contributed by atoms with van der Waals surface area (Å²) in [5.41, 5.74) is 5.00. The van der Waals surface area contributed by atoms with Gasteiger partial charge < -0.3 is 14.7 Å². The number of hydrogen-bond donors (Lipinski definition) is 2. The number of aromatic nitrogens is 3. The van der Waals surface area contributed by atoms with E-state index >= 15 is 0 Å². The number of benzene rings is 2. The predicted octanol–water partition coefficient (Wildman–Crippen LogP) is 7.56.